The summed E-state index contributed by atoms with van der Waals surface area (Å²) >= 11 is 1.37. The molecule has 5 rings (SSSR count). The van der Waals surface area contributed by atoms with Gasteiger partial charge in [-0.05, 0) is 73.0 Å². The summed E-state index contributed by atoms with van der Waals surface area (Å²) in [4.78, 5) is 18.2. The zero-order valence-corrected chi connectivity index (χ0v) is 20.0. The van der Waals surface area contributed by atoms with Crippen LogP contribution in [0, 0.1) is 13.8 Å². The van der Waals surface area contributed by atoms with Gasteiger partial charge in [0.05, 0.1) is 22.7 Å². The molecule has 172 valence electrons. The summed E-state index contributed by atoms with van der Waals surface area (Å²) in [7, 11) is 1.60. The van der Waals surface area contributed by atoms with E-state index in [2.05, 4.69) is 18.8 Å². The fraction of sp³-hybridized carbons (Fsp3) is 0.185. The Labute approximate surface area is 200 Å². The summed E-state index contributed by atoms with van der Waals surface area (Å²) < 4.78 is 19.5. The Morgan fingerprint density at radius 1 is 0.941 bits per heavy atom. The fourth-order valence-electron chi connectivity index (χ4n) is 3.77. The molecular formula is C27H24N2O4S. The van der Waals surface area contributed by atoms with Crippen LogP contribution in [0.15, 0.2) is 65.5 Å². The number of hydrogen-bond donors (Lipinski definition) is 0. The van der Waals surface area contributed by atoms with Gasteiger partial charge in [0.25, 0.3) is 5.56 Å². The number of aromatic nitrogens is 2. The number of rotatable bonds is 7. The molecule has 0 saturated carbocycles. The lowest BCUT2D eigenvalue weighted by atomic mass is 10.1. The Morgan fingerprint density at radius 3 is 2.59 bits per heavy atom. The lowest BCUT2D eigenvalue weighted by molar-refractivity contribution is 0.211. The van der Waals surface area contributed by atoms with E-state index >= 15 is 0 Å². The predicted molar refractivity (Wildman–Crippen MR) is 136 cm³/mol. The average Bonchev–Trinajstić information content (AvgIpc) is 3.35. The molecule has 0 fully saturated rings. The number of thiazole rings is 1. The highest BCUT2D eigenvalue weighted by Gasteiger charge is 2.11. The Hall–Kier alpha value is -3.84. The van der Waals surface area contributed by atoms with E-state index in [4.69, 9.17) is 14.2 Å². The van der Waals surface area contributed by atoms with E-state index in [-0.39, 0.29) is 5.56 Å². The minimum absolute atomic E-state index is 0.0727. The van der Waals surface area contributed by atoms with Crippen LogP contribution in [-0.4, -0.2) is 29.7 Å². The summed E-state index contributed by atoms with van der Waals surface area (Å²) in [6.45, 7) is 4.94. The molecule has 0 bridgehead atoms. The largest absolute Gasteiger partial charge is 0.493 e. The van der Waals surface area contributed by atoms with Gasteiger partial charge in [-0.1, -0.05) is 35.6 Å². The van der Waals surface area contributed by atoms with Gasteiger partial charge in [-0.3, -0.25) is 4.79 Å². The van der Waals surface area contributed by atoms with Crippen molar-refractivity contribution in [3.63, 3.8) is 0 Å². The SMILES string of the molecule is COc1cc(/C=c2\sc3nc4ccccc4n3c2=O)ccc1OCCOc1ccc(C)c(C)c1. The number of ether oxygens (including phenoxy) is 3. The molecule has 2 aromatic heterocycles. The maximum absolute atomic E-state index is 13.0. The van der Waals surface area contributed by atoms with Crippen LogP contribution in [0.5, 0.6) is 17.2 Å². The van der Waals surface area contributed by atoms with Crippen LogP contribution in [0.25, 0.3) is 22.1 Å². The molecule has 2 heterocycles. The van der Waals surface area contributed by atoms with Crippen LogP contribution < -0.4 is 24.3 Å². The third-order valence-electron chi connectivity index (χ3n) is 5.72. The summed E-state index contributed by atoms with van der Waals surface area (Å²) in [6, 6.07) is 19.3. The molecule has 0 unspecified atom stereocenters. The van der Waals surface area contributed by atoms with E-state index in [9.17, 15) is 4.79 Å². The standard InChI is InChI=1S/C27H24N2O4S/c1-17-8-10-20(14-18(17)2)32-12-13-33-23-11-9-19(15-24(23)31-3)16-25-26(30)29-22-7-5-4-6-21(22)28-27(29)34-25/h4-11,14-16H,12-13H2,1-3H3/b25-16-. The number of fused-ring (bicyclic) bond motifs is 3. The second-order valence-corrected chi connectivity index (χ2v) is 9.00. The molecule has 0 saturated heterocycles. The van der Waals surface area contributed by atoms with Crippen LogP contribution in [0.3, 0.4) is 0 Å². The average molecular weight is 473 g/mol. The Morgan fingerprint density at radius 2 is 1.76 bits per heavy atom. The van der Waals surface area contributed by atoms with Crippen LogP contribution in [0.2, 0.25) is 0 Å². The molecule has 0 aliphatic carbocycles. The zero-order valence-electron chi connectivity index (χ0n) is 19.2. The van der Waals surface area contributed by atoms with Gasteiger partial charge in [0.1, 0.15) is 19.0 Å². The van der Waals surface area contributed by atoms with Gasteiger partial charge in [-0.15, -0.1) is 0 Å². The van der Waals surface area contributed by atoms with Gasteiger partial charge >= 0.3 is 0 Å². The first kappa shape index (κ1) is 22.0. The molecule has 34 heavy (non-hydrogen) atoms. The molecule has 6 nitrogen and oxygen atoms in total. The van der Waals surface area contributed by atoms with Crippen LogP contribution in [0.4, 0.5) is 0 Å². The second kappa shape index (κ2) is 9.19. The van der Waals surface area contributed by atoms with E-state index in [1.807, 2.05) is 66.7 Å². The van der Waals surface area contributed by atoms with Crippen molar-refractivity contribution in [1.82, 2.24) is 9.38 Å². The van der Waals surface area contributed by atoms with Crippen molar-refractivity contribution < 1.29 is 14.2 Å². The van der Waals surface area contributed by atoms with E-state index < -0.39 is 0 Å². The minimum Gasteiger partial charge on any atom is -0.493 e. The molecular weight excluding hydrogens is 448 g/mol. The number of methoxy groups -OCH3 is 1. The first-order valence-corrected chi connectivity index (χ1v) is 11.8. The smallest absolute Gasteiger partial charge is 0.274 e. The van der Waals surface area contributed by atoms with Crippen molar-refractivity contribution in [3.8, 4) is 17.2 Å². The fourth-order valence-corrected chi connectivity index (χ4v) is 4.76. The molecule has 0 aliphatic rings. The van der Waals surface area contributed by atoms with Crippen LogP contribution >= 0.6 is 11.3 Å². The topological polar surface area (TPSA) is 62.1 Å². The maximum Gasteiger partial charge on any atom is 0.274 e. The van der Waals surface area contributed by atoms with E-state index in [0.717, 1.165) is 22.3 Å². The predicted octanol–water partition coefficient (Wildman–Crippen LogP) is 4.54. The van der Waals surface area contributed by atoms with Gasteiger partial charge in [-0.2, -0.15) is 0 Å². The van der Waals surface area contributed by atoms with Crippen molar-refractivity contribution in [2.45, 2.75) is 13.8 Å². The number of imidazole rings is 1. The van der Waals surface area contributed by atoms with Crippen molar-refractivity contribution in [3.05, 3.63) is 92.2 Å². The Bertz CT molecular complexity index is 1600. The van der Waals surface area contributed by atoms with Crippen molar-refractivity contribution in [1.29, 1.82) is 0 Å². The first-order chi connectivity index (χ1) is 16.5. The summed E-state index contributed by atoms with van der Waals surface area (Å²) in [6.07, 6.45) is 1.85. The Kier molecular flexibility index (Phi) is 5.94. The number of nitrogens with zero attached hydrogens (tertiary/aromatic N) is 2. The number of para-hydroxylation sites is 2. The Balaban J connectivity index is 1.32. The molecule has 7 heteroatoms. The highest BCUT2D eigenvalue weighted by atomic mass is 32.1. The molecule has 0 spiro atoms. The summed E-state index contributed by atoms with van der Waals surface area (Å²) in [5, 5.41) is 0. The highest BCUT2D eigenvalue weighted by Crippen LogP contribution is 2.28. The summed E-state index contributed by atoms with van der Waals surface area (Å²) in [5.41, 5.74) is 4.85. The first-order valence-electron chi connectivity index (χ1n) is 11.0. The van der Waals surface area contributed by atoms with E-state index in [0.29, 0.717) is 34.2 Å². The maximum atomic E-state index is 13.0. The second-order valence-electron chi connectivity index (χ2n) is 7.99. The van der Waals surface area contributed by atoms with Crippen LogP contribution in [0.1, 0.15) is 16.7 Å². The van der Waals surface area contributed by atoms with E-state index in [1.54, 1.807) is 11.5 Å². The molecule has 5 aromatic rings. The molecule has 0 aliphatic heterocycles. The molecule has 0 atom stereocenters. The lowest BCUT2D eigenvalue weighted by Crippen LogP contribution is -2.22. The molecule has 3 aromatic carbocycles. The van der Waals surface area contributed by atoms with Gasteiger partial charge in [-0.25, -0.2) is 9.38 Å². The number of benzene rings is 3. The monoisotopic (exact) mass is 472 g/mol. The number of hydrogen-bond acceptors (Lipinski definition) is 6. The quantitative estimate of drug-likeness (QED) is 0.326. The van der Waals surface area contributed by atoms with Crippen LogP contribution in [-0.2, 0) is 0 Å². The molecule has 0 amide bonds. The van der Waals surface area contributed by atoms with Crippen molar-refractivity contribution in [2.75, 3.05) is 20.3 Å². The third-order valence-corrected chi connectivity index (χ3v) is 6.69. The zero-order chi connectivity index (χ0) is 23.7. The van der Waals surface area contributed by atoms with Gasteiger partial charge in [0, 0.05) is 0 Å². The molecule has 0 N–H and O–H groups in total. The van der Waals surface area contributed by atoms with Gasteiger partial charge in [0.2, 0.25) is 0 Å². The van der Waals surface area contributed by atoms with E-state index in [1.165, 1.54) is 22.5 Å². The molecule has 0 radical (unpaired) electrons. The third kappa shape index (κ3) is 4.22. The number of aryl methyl sites for hydroxylation is 2. The lowest BCUT2D eigenvalue weighted by Gasteiger charge is -2.12. The van der Waals surface area contributed by atoms with Gasteiger partial charge < -0.3 is 14.2 Å². The summed E-state index contributed by atoms with van der Waals surface area (Å²) in [5.74, 6) is 2.05. The van der Waals surface area contributed by atoms with Crippen molar-refractivity contribution >= 4 is 33.4 Å². The highest BCUT2D eigenvalue weighted by molar-refractivity contribution is 7.15. The van der Waals surface area contributed by atoms with Gasteiger partial charge in [0.15, 0.2) is 16.5 Å². The van der Waals surface area contributed by atoms with Crippen molar-refractivity contribution in [2.24, 2.45) is 0 Å². The minimum atomic E-state index is -0.0727. The normalized spacial score (nSPS) is 11.9.